The van der Waals surface area contributed by atoms with Crippen LogP contribution in [0.4, 0.5) is 0 Å². The van der Waals surface area contributed by atoms with Gasteiger partial charge in [-0.3, -0.25) is 14.1 Å². The molecule has 0 saturated heterocycles. The quantitative estimate of drug-likeness (QED) is 0.0315. The van der Waals surface area contributed by atoms with E-state index in [0.29, 0.717) is 12.8 Å². The molecule has 0 aromatic carbocycles. The molecule has 46 heavy (non-hydrogen) atoms. The molecule has 0 bridgehead atoms. The molecule has 0 saturated carbocycles. The van der Waals surface area contributed by atoms with Gasteiger partial charge < -0.3 is 19.3 Å². The molecule has 2 N–H and O–H groups in total. The monoisotopic (exact) mass is 668 g/mol. The third-order valence-corrected chi connectivity index (χ3v) is 7.81. The number of hydrogen-bond acceptors (Lipinski definition) is 6. The molecular weight excluding hydrogens is 603 g/mol. The third-order valence-electron chi connectivity index (χ3n) is 7.32. The van der Waals surface area contributed by atoms with Gasteiger partial charge in [-0.1, -0.05) is 127 Å². The fourth-order valence-electron chi connectivity index (χ4n) is 4.60. The number of hydrogen-bond donors (Lipinski definition) is 2. The van der Waals surface area contributed by atoms with Gasteiger partial charge >= 0.3 is 19.8 Å². The van der Waals surface area contributed by atoms with E-state index in [1.807, 2.05) is 6.08 Å². The Hall–Kier alpha value is -1.99. The summed E-state index contributed by atoms with van der Waals surface area (Å²) in [6, 6.07) is 0. The average molecular weight is 669 g/mol. The van der Waals surface area contributed by atoms with Crippen LogP contribution < -0.4 is 0 Å². The fourth-order valence-corrected chi connectivity index (χ4v) is 4.96. The Labute approximate surface area is 280 Å². The minimum Gasteiger partial charge on any atom is -0.462 e. The van der Waals surface area contributed by atoms with Crippen LogP contribution in [-0.2, 0) is 28.2 Å². The van der Waals surface area contributed by atoms with E-state index in [1.165, 1.54) is 51.4 Å². The first kappa shape index (κ1) is 44.0. The van der Waals surface area contributed by atoms with Gasteiger partial charge in [0.15, 0.2) is 6.10 Å². The van der Waals surface area contributed by atoms with Crippen LogP contribution in [0.5, 0.6) is 0 Å². The summed E-state index contributed by atoms with van der Waals surface area (Å²) in [5.74, 6) is -0.962. The van der Waals surface area contributed by atoms with Gasteiger partial charge in [-0.2, -0.15) is 0 Å². The molecule has 0 fully saturated rings. The van der Waals surface area contributed by atoms with Gasteiger partial charge in [0.25, 0.3) is 0 Å². The predicted molar refractivity (Wildman–Crippen MR) is 188 cm³/mol. The lowest BCUT2D eigenvalue weighted by Gasteiger charge is -2.18. The molecule has 0 aliphatic carbocycles. The van der Waals surface area contributed by atoms with Crippen LogP contribution in [0.3, 0.4) is 0 Å². The van der Waals surface area contributed by atoms with Gasteiger partial charge in [-0.05, 0) is 64.2 Å². The second-order valence-electron chi connectivity index (χ2n) is 11.8. The van der Waals surface area contributed by atoms with Gasteiger partial charge in [-0.25, -0.2) is 4.57 Å². The Morgan fingerprint density at radius 1 is 0.565 bits per heavy atom. The zero-order chi connectivity index (χ0) is 34.0. The van der Waals surface area contributed by atoms with Gasteiger partial charge in [-0.15, -0.1) is 0 Å². The van der Waals surface area contributed by atoms with Crippen LogP contribution in [0.25, 0.3) is 0 Å². The van der Waals surface area contributed by atoms with Crippen molar-refractivity contribution in [1.29, 1.82) is 0 Å². The van der Waals surface area contributed by atoms with E-state index >= 15 is 0 Å². The highest BCUT2D eigenvalue weighted by molar-refractivity contribution is 7.46. The Balaban J connectivity index is 4.09. The smallest absolute Gasteiger partial charge is 0.462 e. The maximum atomic E-state index is 12.3. The first-order valence-electron chi connectivity index (χ1n) is 17.9. The fraction of sp³-hybridized carbons (Fsp3) is 0.730. The first-order chi connectivity index (χ1) is 22.3. The topological polar surface area (TPSA) is 119 Å². The standard InChI is InChI=1S/C37H65O8P/c1-3-5-7-9-11-13-15-16-17-18-19-20-22-23-25-27-29-31-36(38)43-33-35(34-44-46(40,41)42)45-37(39)32-30-28-26-24-21-14-12-10-8-6-4-2/h10,12,16-17,19-20,23,25,35H,3-9,11,13-15,18,21-22,24,26-34H2,1-2H3,(H2,40,41,42)/b12-10-,17-16-,20-19-,25-23-/t35-/m1/s1. The Morgan fingerprint density at radius 3 is 1.61 bits per heavy atom. The summed E-state index contributed by atoms with van der Waals surface area (Å²) < 4.78 is 26.2. The van der Waals surface area contributed by atoms with Gasteiger partial charge in [0.2, 0.25) is 0 Å². The molecule has 0 heterocycles. The summed E-state index contributed by atoms with van der Waals surface area (Å²) in [4.78, 5) is 42.5. The van der Waals surface area contributed by atoms with Crippen molar-refractivity contribution in [3.8, 4) is 0 Å². The average Bonchev–Trinajstić information content (AvgIpc) is 3.02. The molecule has 0 aliphatic rings. The minimum absolute atomic E-state index is 0.189. The maximum Gasteiger partial charge on any atom is 0.469 e. The summed E-state index contributed by atoms with van der Waals surface area (Å²) in [5.41, 5.74) is 0. The van der Waals surface area contributed by atoms with Gasteiger partial charge in [0.1, 0.15) is 6.61 Å². The number of phosphoric ester groups is 1. The number of unbranched alkanes of at least 4 members (excludes halogenated alkanes) is 14. The molecule has 266 valence electrons. The second kappa shape index (κ2) is 32.9. The third kappa shape index (κ3) is 34.9. The van der Waals surface area contributed by atoms with Crippen molar-refractivity contribution in [1.82, 2.24) is 0 Å². The molecular formula is C37H65O8P. The minimum atomic E-state index is -4.76. The van der Waals surface area contributed by atoms with E-state index in [9.17, 15) is 14.2 Å². The SMILES string of the molecule is CCCC/C=C\CCCCCCCC(=O)O[C@H](COC(=O)CCC/C=C\C/C=C\C/C=C\CCCCCCCC)COP(=O)(O)O. The molecule has 0 amide bonds. The predicted octanol–water partition coefficient (Wildman–Crippen LogP) is 10.4. The summed E-state index contributed by atoms with van der Waals surface area (Å²) in [6.07, 6.45) is 38.4. The van der Waals surface area contributed by atoms with Crippen molar-refractivity contribution in [2.75, 3.05) is 13.2 Å². The summed E-state index contributed by atoms with van der Waals surface area (Å²) in [7, 11) is -4.76. The van der Waals surface area contributed by atoms with Crippen LogP contribution in [0.2, 0.25) is 0 Å². The lowest BCUT2D eigenvalue weighted by Crippen LogP contribution is -2.29. The van der Waals surface area contributed by atoms with E-state index in [0.717, 1.165) is 64.2 Å². The van der Waals surface area contributed by atoms with E-state index in [-0.39, 0.29) is 19.4 Å². The first-order valence-corrected chi connectivity index (χ1v) is 19.5. The van der Waals surface area contributed by atoms with Gasteiger partial charge in [0.05, 0.1) is 6.61 Å². The normalized spacial score (nSPS) is 13.0. The number of carbonyl (C=O) groups excluding carboxylic acids is 2. The second-order valence-corrected chi connectivity index (χ2v) is 13.1. The lowest BCUT2D eigenvalue weighted by atomic mass is 10.1. The van der Waals surface area contributed by atoms with Crippen LogP contribution >= 0.6 is 7.82 Å². The highest BCUT2D eigenvalue weighted by Gasteiger charge is 2.22. The van der Waals surface area contributed by atoms with Gasteiger partial charge in [0, 0.05) is 12.8 Å². The van der Waals surface area contributed by atoms with Crippen LogP contribution in [0, 0.1) is 0 Å². The van der Waals surface area contributed by atoms with Crippen molar-refractivity contribution >= 4 is 19.8 Å². The van der Waals surface area contributed by atoms with Crippen LogP contribution in [0.15, 0.2) is 48.6 Å². The molecule has 8 nitrogen and oxygen atoms in total. The summed E-state index contributed by atoms with van der Waals surface area (Å²) >= 11 is 0. The zero-order valence-corrected chi connectivity index (χ0v) is 29.9. The highest BCUT2D eigenvalue weighted by Crippen LogP contribution is 2.35. The number of ether oxygens (including phenoxy) is 2. The van der Waals surface area contributed by atoms with Crippen molar-refractivity contribution < 1.29 is 37.9 Å². The van der Waals surface area contributed by atoms with Crippen LogP contribution in [-0.4, -0.2) is 41.0 Å². The van der Waals surface area contributed by atoms with Crippen molar-refractivity contribution in [2.24, 2.45) is 0 Å². The van der Waals surface area contributed by atoms with E-state index < -0.39 is 32.5 Å². The van der Waals surface area contributed by atoms with E-state index in [1.54, 1.807) is 0 Å². The summed E-state index contributed by atoms with van der Waals surface area (Å²) in [6.45, 7) is 3.56. The number of rotatable bonds is 32. The molecule has 0 aromatic rings. The van der Waals surface area contributed by atoms with Crippen molar-refractivity contribution in [3.63, 3.8) is 0 Å². The van der Waals surface area contributed by atoms with E-state index in [2.05, 4.69) is 60.9 Å². The van der Waals surface area contributed by atoms with E-state index in [4.69, 9.17) is 19.3 Å². The maximum absolute atomic E-state index is 12.3. The molecule has 0 spiro atoms. The highest BCUT2D eigenvalue weighted by atomic mass is 31.2. The number of carbonyl (C=O) groups is 2. The Kier molecular flexibility index (Phi) is 31.5. The number of esters is 2. The zero-order valence-electron chi connectivity index (χ0n) is 29.0. The molecule has 9 heteroatoms. The van der Waals surface area contributed by atoms with Crippen molar-refractivity contribution in [2.45, 2.75) is 161 Å². The Morgan fingerprint density at radius 2 is 1.02 bits per heavy atom. The lowest BCUT2D eigenvalue weighted by molar-refractivity contribution is -0.161. The molecule has 0 unspecified atom stereocenters. The van der Waals surface area contributed by atoms with Crippen LogP contribution in [0.1, 0.15) is 155 Å². The Bertz CT molecular complexity index is 890. The number of allylic oxidation sites excluding steroid dienone is 8. The number of phosphoric acid groups is 1. The largest absolute Gasteiger partial charge is 0.469 e. The molecule has 0 rings (SSSR count). The molecule has 0 aromatic heterocycles. The molecule has 1 atom stereocenters. The molecule has 0 aliphatic heterocycles. The van der Waals surface area contributed by atoms with Crippen molar-refractivity contribution in [3.05, 3.63) is 48.6 Å². The summed E-state index contributed by atoms with van der Waals surface area (Å²) in [5, 5.41) is 0. The molecule has 0 radical (unpaired) electrons.